The molecule has 1 N–H and O–H groups in total. The van der Waals surface area contributed by atoms with Crippen molar-refractivity contribution in [3.63, 3.8) is 0 Å². The number of thioether (sulfide) groups is 1. The van der Waals surface area contributed by atoms with Crippen LogP contribution < -0.4 is 0 Å². The van der Waals surface area contributed by atoms with Crippen LogP contribution in [0.1, 0.15) is 77.6 Å². The summed E-state index contributed by atoms with van der Waals surface area (Å²) in [6.07, 6.45) is 14.6. The predicted molar refractivity (Wildman–Crippen MR) is 96.2 cm³/mol. The summed E-state index contributed by atoms with van der Waals surface area (Å²) in [5.74, 6) is 2.33. The van der Waals surface area contributed by atoms with Crippen molar-refractivity contribution in [1.82, 2.24) is 4.90 Å². The van der Waals surface area contributed by atoms with Crippen LogP contribution >= 0.6 is 11.8 Å². The van der Waals surface area contributed by atoms with Gasteiger partial charge in [-0.15, -0.1) is 0 Å². The molecular weight excluding hydrogens is 278 g/mol. The molecule has 0 saturated carbocycles. The van der Waals surface area contributed by atoms with Crippen LogP contribution in [0.15, 0.2) is 0 Å². The number of aliphatic hydroxyl groups excluding tert-OH is 1. The molecule has 0 spiro atoms. The molecule has 2 unspecified atom stereocenters. The Hall–Kier alpha value is 0.270. The maximum atomic E-state index is 10.3. The van der Waals surface area contributed by atoms with Gasteiger partial charge in [0.15, 0.2) is 0 Å². The minimum Gasteiger partial charge on any atom is -0.391 e. The monoisotopic (exact) mass is 315 g/mol. The van der Waals surface area contributed by atoms with Crippen molar-refractivity contribution < 1.29 is 5.11 Å². The second-order valence-corrected chi connectivity index (χ2v) is 7.81. The highest BCUT2D eigenvalue weighted by atomic mass is 32.2. The minimum absolute atomic E-state index is 0.114. The minimum atomic E-state index is -0.114. The van der Waals surface area contributed by atoms with Crippen LogP contribution in [-0.4, -0.2) is 47.3 Å². The van der Waals surface area contributed by atoms with Gasteiger partial charge in [0.25, 0.3) is 0 Å². The Kier molecular flexibility index (Phi) is 11.8. The maximum absolute atomic E-state index is 10.3. The van der Waals surface area contributed by atoms with Gasteiger partial charge in [0.05, 0.1) is 6.10 Å². The van der Waals surface area contributed by atoms with E-state index in [1.807, 2.05) is 11.8 Å². The summed E-state index contributed by atoms with van der Waals surface area (Å²) < 4.78 is 0. The highest BCUT2D eigenvalue weighted by Crippen LogP contribution is 2.20. The van der Waals surface area contributed by atoms with Gasteiger partial charge in [0.1, 0.15) is 0 Å². The summed E-state index contributed by atoms with van der Waals surface area (Å²) >= 11 is 1.99. The number of rotatable bonds is 12. The van der Waals surface area contributed by atoms with Crippen LogP contribution in [-0.2, 0) is 0 Å². The number of likely N-dealkylation sites (N-methyl/N-ethyl adjacent to an activating group) is 1. The molecule has 1 rings (SSSR count). The molecule has 1 saturated heterocycles. The molecule has 1 aliphatic rings. The number of unbranched alkanes of at least 4 members (excludes halogenated alkanes) is 9. The third-order valence-electron chi connectivity index (χ3n) is 4.74. The van der Waals surface area contributed by atoms with Gasteiger partial charge in [-0.1, -0.05) is 71.1 Å². The van der Waals surface area contributed by atoms with E-state index in [9.17, 15) is 5.11 Å². The molecule has 0 aliphatic carbocycles. The van der Waals surface area contributed by atoms with Crippen LogP contribution in [0, 0.1) is 0 Å². The lowest BCUT2D eigenvalue weighted by atomic mass is 10.0. The Balaban J connectivity index is 1.89. The van der Waals surface area contributed by atoms with E-state index in [0.717, 1.165) is 18.7 Å². The molecule has 0 aromatic rings. The number of nitrogens with zero attached hydrogens (tertiary/aromatic N) is 1. The van der Waals surface area contributed by atoms with Gasteiger partial charge in [-0.25, -0.2) is 0 Å². The van der Waals surface area contributed by atoms with Crippen LogP contribution in [0.25, 0.3) is 0 Å². The molecule has 1 heterocycles. The Morgan fingerprint density at radius 1 is 1.00 bits per heavy atom. The summed E-state index contributed by atoms with van der Waals surface area (Å²) in [7, 11) is 2.16. The fourth-order valence-corrected chi connectivity index (χ4v) is 4.45. The molecule has 0 amide bonds. The summed E-state index contributed by atoms with van der Waals surface area (Å²) in [5.41, 5.74) is 0. The number of hydrogen-bond donors (Lipinski definition) is 1. The quantitative estimate of drug-likeness (QED) is 0.528. The Labute approximate surface area is 137 Å². The summed E-state index contributed by atoms with van der Waals surface area (Å²) in [6, 6.07) is 0.391. The second-order valence-electron chi connectivity index (χ2n) is 6.66. The Morgan fingerprint density at radius 3 is 2.14 bits per heavy atom. The summed E-state index contributed by atoms with van der Waals surface area (Å²) in [6.45, 7) is 3.41. The van der Waals surface area contributed by atoms with Gasteiger partial charge in [-0.3, -0.25) is 4.90 Å². The summed E-state index contributed by atoms with van der Waals surface area (Å²) in [4.78, 5) is 2.34. The van der Waals surface area contributed by atoms with Gasteiger partial charge in [-0.2, -0.15) is 11.8 Å². The normalized spacial score (nSPS) is 21.6. The van der Waals surface area contributed by atoms with E-state index >= 15 is 0 Å². The first-order valence-corrected chi connectivity index (χ1v) is 10.4. The fraction of sp³-hybridized carbons (Fsp3) is 1.00. The van der Waals surface area contributed by atoms with Crippen molar-refractivity contribution in [3.05, 3.63) is 0 Å². The number of hydrogen-bond acceptors (Lipinski definition) is 3. The van der Waals surface area contributed by atoms with Gasteiger partial charge >= 0.3 is 0 Å². The van der Waals surface area contributed by atoms with Crippen molar-refractivity contribution in [1.29, 1.82) is 0 Å². The zero-order valence-corrected chi connectivity index (χ0v) is 15.2. The van der Waals surface area contributed by atoms with Gasteiger partial charge < -0.3 is 5.11 Å². The van der Waals surface area contributed by atoms with E-state index in [0.29, 0.717) is 6.04 Å². The van der Waals surface area contributed by atoms with E-state index in [1.165, 1.54) is 70.0 Å². The molecule has 1 fully saturated rings. The third kappa shape index (κ3) is 9.10. The smallest absolute Gasteiger partial charge is 0.0703 e. The summed E-state index contributed by atoms with van der Waals surface area (Å²) in [5, 5.41) is 10.3. The van der Waals surface area contributed by atoms with E-state index in [4.69, 9.17) is 0 Å². The molecule has 0 aromatic carbocycles. The molecule has 2 nitrogen and oxygen atoms in total. The zero-order valence-electron chi connectivity index (χ0n) is 14.4. The molecule has 0 aromatic heterocycles. The highest BCUT2D eigenvalue weighted by molar-refractivity contribution is 7.99. The van der Waals surface area contributed by atoms with E-state index in [1.54, 1.807) is 0 Å². The van der Waals surface area contributed by atoms with Gasteiger partial charge in [0.2, 0.25) is 0 Å². The Bertz CT molecular complexity index is 237. The van der Waals surface area contributed by atoms with E-state index < -0.39 is 0 Å². The predicted octanol–water partition coefficient (Wildman–Crippen LogP) is 4.71. The molecule has 0 radical (unpaired) electrons. The molecule has 2 atom stereocenters. The lowest BCUT2D eigenvalue weighted by Crippen LogP contribution is -2.46. The van der Waals surface area contributed by atoms with Crippen molar-refractivity contribution in [2.24, 2.45) is 0 Å². The third-order valence-corrected chi connectivity index (χ3v) is 5.79. The Morgan fingerprint density at radius 2 is 1.57 bits per heavy atom. The van der Waals surface area contributed by atoms with Crippen molar-refractivity contribution in [3.8, 4) is 0 Å². The molecule has 1 aliphatic heterocycles. The number of aliphatic hydroxyl groups is 1. The first-order valence-electron chi connectivity index (χ1n) is 9.21. The average Bonchev–Trinajstić information content (AvgIpc) is 2.49. The first-order chi connectivity index (χ1) is 10.3. The van der Waals surface area contributed by atoms with Gasteiger partial charge in [0, 0.05) is 24.1 Å². The molecule has 21 heavy (non-hydrogen) atoms. The molecule has 126 valence electrons. The van der Waals surface area contributed by atoms with Crippen molar-refractivity contribution >= 4 is 11.8 Å². The SMILES string of the molecule is CCCCCCCCCCCCC(O)C1CSCCN1C. The zero-order chi connectivity index (χ0) is 15.3. The topological polar surface area (TPSA) is 23.5 Å². The van der Waals surface area contributed by atoms with E-state index in [2.05, 4.69) is 18.9 Å². The largest absolute Gasteiger partial charge is 0.391 e. The lowest BCUT2D eigenvalue weighted by Gasteiger charge is -2.35. The second kappa shape index (κ2) is 12.8. The fourth-order valence-electron chi connectivity index (χ4n) is 3.14. The van der Waals surface area contributed by atoms with Crippen LogP contribution in [0.3, 0.4) is 0 Å². The molecule has 3 heteroatoms. The van der Waals surface area contributed by atoms with E-state index in [-0.39, 0.29) is 6.10 Å². The van der Waals surface area contributed by atoms with Crippen LogP contribution in [0.5, 0.6) is 0 Å². The lowest BCUT2D eigenvalue weighted by molar-refractivity contribution is 0.0674. The van der Waals surface area contributed by atoms with Crippen molar-refractivity contribution in [2.75, 3.05) is 25.1 Å². The van der Waals surface area contributed by atoms with Crippen LogP contribution in [0.4, 0.5) is 0 Å². The first kappa shape index (κ1) is 19.3. The van der Waals surface area contributed by atoms with Crippen molar-refractivity contribution in [2.45, 2.75) is 89.7 Å². The van der Waals surface area contributed by atoms with Crippen LogP contribution in [0.2, 0.25) is 0 Å². The van der Waals surface area contributed by atoms with Gasteiger partial charge in [-0.05, 0) is 13.5 Å². The standard InChI is InChI=1S/C18H37NOS/c1-3-4-5-6-7-8-9-10-11-12-13-18(20)17-16-21-15-14-19(17)2/h17-18,20H,3-16H2,1-2H3. The molecule has 0 bridgehead atoms. The molecular formula is C18H37NOS. The highest BCUT2D eigenvalue weighted by Gasteiger charge is 2.25. The average molecular weight is 316 g/mol. The maximum Gasteiger partial charge on any atom is 0.0703 e.